The van der Waals surface area contributed by atoms with Crippen LogP contribution in [0, 0.1) is 0 Å². The Morgan fingerprint density at radius 1 is 1.62 bits per heavy atom. The summed E-state index contributed by atoms with van der Waals surface area (Å²) in [6.45, 7) is 0. The van der Waals surface area contributed by atoms with Crippen LogP contribution in [0.25, 0.3) is 0 Å². The van der Waals surface area contributed by atoms with Crippen LogP contribution in [-0.4, -0.2) is 10.3 Å². The highest BCUT2D eigenvalue weighted by Gasteiger charge is 2.12. The second kappa shape index (κ2) is 5.04. The van der Waals surface area contributed by atoms with Gasteiger partial charge in [-0.05, 0) is 12.1 Å². The Balaban J connectivity index is 2.34. The smallest absolute Gasteiger partial charge is 0.310 e. The maximum atomic E-state index is 11.6. The summed E-state index contributed by atoms with van der Waals surface area (Å²) in [4.78, 5) is 0. The zero-order chi connectivity index (χ0) is 9.68. The maximum Gasteiger partial charge on any atom is 0.310 e. The van der Waals surface area contributed by atoms with Gasteiger partial charge in [0, 0.05) is 23.7 Å². The van der Waals surface area contributed by atoms with Crippen LogP contribution in [-0.2, 0) is 11.2 Å². The maximum absolute atomic E-state index is 11.6. The van der Waals surface area contributed by atoms with Crippen LogP contribution in [0.15, 0.2) is 40.1 Å². The van der Waals surface area contributed by atoms with E-state index in [1.54, 1.807) is 12.1 Å². The average Bonchev–Trinajstić information content (AvgIpc) is 2.55. The minimum absolute atomic E-state index is 0.0929. The largest absolute Gasteiger partial charge is 0.609 e. The molecule has 13 heavy (non-hydrogen) atoms. The fourth-order valence-electron chi connectivity index (χ4n) is 0.769. The first-order valence-electron chi connectivity index (χ1n) is 3.63. The molecule has 1 aromatic rings. The van der Waals surface area contributed by atoms with Gasteiger partial charge in [-0.15, -0.1) is 0 Å². The van der Waals surface area contributed by atoms with Gasteiger partial charge in [0.25, 0.3) is 6.08 Å². The van der Waals surface area contributed by atoms with E-state index in [1.165, 1.54) is 6.26 Å². The quantitative estimate of drug-likeness (QED) is 0.710. The second-order valence-electron chi connectivity index (χ2n) is 2.26. The Kier molecular flexibility index (Phi) is 3.98. The molecule has 0 bridgehead atoms. The van der Waals surface area contributed by atoms with Crippen LogP contribution in [0.3, 0.4) is 0 Å². The van der Waals surface area contributed by atoms with Crippen molar-refractivity contribution in [2.45, 2.75) is 11.5 Å². The van der Waals surface area contributed by atoms with E-state index in [0.29, 0.717) is 5.09 Å². The van der Waals surface area contributed by atoms with E-state index in [2.05, 4.69) is 0 Å². The molecule has 1 atom stereocenters. The van der Waals surface area contributed by atoms with E-state index in [-0.39, 0.29) is 12.2 Å². The van der Waals surface area contributed by atoms with Gasteiger partial charge in [-0.1, -0.05) is 0 Å². The lowest BCUT2D eigenvalue weighted by Gasteiger charge is -2.03. The van der Waals surface area contributed by atoms with Gasteiger partial charge in [0.1, 0.15) is 5.75 Å². The Hall–Kier alpha value is -0.810. The molecule has 0 N–H and O–H groups in total. The first-order chi connectivity index (χ1) is 6.20. The minimum Gasteiger partial charge on any atom is -0.609 e. The molecule has 0 spiro atoms. The molecule has 1 heterocycles. The lowest BCUT2D eigenvalue weighted by atomic mass is 10.5. The van der Waals surface area contributed by atoms with Crippen molar-refractivity contribution in [1.82, 2.24) is 0 Å². The zero-order valence-corrected chi connectivity index (χ0v) is 7.52. The summed E-state index contributed by atoms with van der Waals surface area (Å²) in [7, 11) is 0. The Labute approximate surface area is 77.4 Å². The Bertz CT molecular complexity index is 268. The summed E-state index contributed by atoms with van der Waals surface area (Å²) < 4.78 is 39.2. The summed E-state index contributed by atoms with van der Waals surface area (Å²) in [5.41, 5.74) is 0. The van der Waals surface area contributed by atoms with Crippen molar-refractivity contribution < 1.29 is 17.8 Å². The first-order valence-corrected chi connectivity index (χ1v) is 4.95. The standard InChI is InChI=1S/C8H8F2O2S/c9-7(10)3-2-6-13(11)8-4-1-5-12-8/h1,3-5H,2,6H2. The van der Waals surface area contributed by atoms with Crippen molar-refractivity contribution in [2.75, 3.05) is 5.75 Å². The molecule has 1 aromatic heterocycles. The van der Waals surface area contributed by atoms with E-state index in [1.807, 2.05) is 0 Å². The molecule has 0 radical (unpaired) electrons. The van der Waals surface area contributed by atoms with Crippen LogP contribution in [0.2, 0.25) is 0 Å². The minimum atomic E-state index is -1.74. The molecule has 0 saturated heterocycles. The highest BCUT2D eigenvalue weighted by molar-refractivity contribution is 7.91. The average molecular weight is 206 g/mol. The van der Waals surface area contributed by atoms with Crippen molar-refractivity contribution in [1.29, 1.82) is 0 Å². The van der Waals surface area contributed by atoms with E-state index in [4.69, 9.17) is 4.42 Å². The monoisotopic (exact) mass is 206 g/mol. The molecule has 0 aromatic carbocycles. The summed E-state index contributed by atoms with van der Waals surface area (Å²) >= 11 is -1.31. The van der Waals surface area contributed by atoms with Gasteiger partial charge in [-0.25, -0.2) is 0 Å². The van der Waals surface area contributed by atoms with Gasteiger partial charge in [-0.2, -0.15) is 8.78 Å². The van der Waals surface area contributed by atoms with Crippen LogP contribution in [0.4, 0.5) is 8.78 Å². The third-order valence-corrected chi connectivity index (χ3v) is 2.61. The van der Waals surface area contributed by atoms with Crippen molar-refractivity contribution in [3.8, 4) is 0 Å². The summed E-state index contributed by atoms with van der Waals surface area (Å²) in [6, 6.07) is 3.17. The van der Waals surface area contributed by atoms with Gasteiger partial charge >= 0.3 is 5.09 Å². The third kappa shape index (κ3) is 3.61. The number of allylic oxidation sites excluding steroid dienone is 1. The van der Waals surface area contributed by atoms with Crippen LogP contribution in [0.1, 0.15) is 6.42 Å². The normalized spacial score (nSPS) is 12.5. The zero-order valence-electron chi connectivity index (χ0n) is 6.70. The van der Waals surface area contributed by atoms with E-state index in [0.717, 1.165) is 6.08 Å². The van der Waals surface area contributed by atoms with E-state index < -0.39 is 17.3 Å². The molecule has 5 heteroatoms. The fraction of sp³-hybridized carbons (Fsp3) is 0.250. The fourth-order valence-corrected chi connectivity index (χ4v) is 1.70. The molecule has 72 valence electrons. The topological polar surface area (TPSA) is 36.2 Å². The van der Waals surface area contributed by atoms with Crippen molar-refractivity contribution >= 4 is 11.2 Å². The third-order valence-electron chi connectivity index (χ3n) is 1.32. The first kappa shape index (κ1) is 10.3. The molecular formula is C8H8F2O2S. The molecular weight excluding hydrogens is 198 g/mol. The molecule has 1 unspecified atom stereocenters. The predicted molar refractivity (Wildman–Crippen MR) is 44.9 cm³/mol. The molecule has 0 aliphatic rings. The molecule has 0 fully saturated rings. The van der Waals surface area contributed by atoms with Crippen molar-refractivity contribution in [2.24, 2.45) is 0 Å². The van der Waals surface area contributed by atoms with Gasteiger partial charge in [0.05, 0.1) is 6.26 Å². The molecule has 0 aliphatic heterocycles. The highest BCUT2D eigenvalue weighted by atomic mass is 32.2. The number of halogens is 2. The number of hydrogen-bond acceptors (Lipinski definition) is 2. The molecule has 0 saturated carbocycles. The molecule has 0 aliphatic carbocycles. The second-order valence-corrected chi connectivity index (χ2v) is 3.77. The highest BCUT2D eigenvalue weighted by Crippen LogP contribution is 2.12. The molecule has 2 nitrogen and oxygen atoms in total. The summed E-state index contributed by atoms with van der Waals surface area (Å²) in [6.07, 6.45) is 0.506. The number of furan rings is 1. The number of hydrogen-bond donors (Lipinski definition) is 0. The lowest BCUT2D eigenvalue weighted by Crippen LogP contribution is -2.04. The molecule has 0 amide bonds. The van der Waals surface area contributed by atoms with Crippen LogP contribution < -0.4 is 0 Å². The lowest BCUT2D eigenvalue weighted by molar-refractivity contribution is 0.418. The van der Waals surface area contributed by atoms with Gasteiger partial charge in [0.15, 0.2) is 0 Å². The van der Waals surface area contributed by atoms with Crippen molar-refractivity contribution in [3.05, 3.63) is 30.6 Å². The van der Waals surface area contributed by atoms with Gasteiger partial charge in [-0.3, -0.25) is 0 Å². The Morgan fingerprint density at radius 2 is 2.38 bits per heavy atom. The van der Waals surface area contributed by atoms with E-state index in [9.17, 15) is 13.3 Å². The predicted octanol–water partition coefficient (Wildman–Crippen LogP) is 2.56. The van der Waals surface area contributed by atoms with E-state index >= 15 is 0 Å². The van der Waals surface area contributed by atoms with Crippen LogP contribution in [0.5, 0.6) is 0 Å². The van der Waals surface area contributed by atoms with Gasteiger partial charge < -0.3 is 8.97 Å². The number of rotatable bonds is 4. The Morgan fingerprint density at radius 3 is 2.92 bits per heavy atom. The van der Waals surface area contributed by atoms with Gasteiger partial charge in [0.2, 0.25) is 0 Å². The SMILES string of the molecule is [O-][S+](CCC=C(F)F)c1ccco1. The van der Waals surface area contributed by atoms with Crippen LogP contribution >= 0.6 is 0 Å². The molecule has 1 rings (SSSR count). The van der Waals surface area contributed by atoms with Crippen molar-refractivity contribution in [3.63, 3.8) is 0 Å². The summed E-state index contributed by atoms with van der Waals surface area (Å²) in [5, 5.41) is 0.327. The summed E-state index contributed by atoms with van der Waals surface area (Å²) in [5.74, 6) is 0.158.